The minimum absolute atomic E-state index is 0.00671. The van der Waals surface area contributed by atoms with Crippen molar-refractivity contribution in [2.75, 3.05) is 5.75 Å². The highest BCUT2D eigenvalue weighted by molar-refractivity contribution is 7.99. The Kier molecular flexibility index (Phi) is 6.07. The van der Waals surface area contributed by atoms with Gasteiger partial charge in [-0.1, -0.05) is 37.2 Å². The molecule has 2 aromatic rings. The van der Waals surface area contributed by atoms with Crippen molar-refractivity contribution in [2.45, 2.75) is 32.0 Å². The number of hydrogen-bond acceptors (Lipinski definition) is 4. The Morgan fingerprint density at radius 1 is 1.26 bits per heavy atom. The summed E-state index contributed by atoms with van der Waals surface area (Å²) in [6.07, 6.45) is 0. The van der Waals surface area contributed by atoms with Crippen molar-refractivity contribution in [3.8, 4) is 11.4 Å². The maximum Gasteiger partial charge on any atom is 0.230 e. The molecule has 0 unspecified atom stereocenters. The second-order valence-corrected chi connectivity index (χ2v) is 7.14. The van der Waals surface area contributed by atoms with Crippen LogP contribution in [0.4, 0.5) is 0 Å². The van der Waals surface area contributed by atoms with Gasteiger partial charge in [0.25, 0.3) is 0 Å². The van der Waals surface area contributed by atoms with Crippen LogP contribution in [0.1, 0.15) is 20.8 Å². The highest BCUT2D eigenvalue weighted by Gasteiger charge is 2.15. The number of thioether (sulfide) groups is 1. The summed E-state index contributed by atoms with van der Waals surface area (Å²) >= 11 is 7.28. The van der Waals surface area contributed by atoms with E-state index < -0.39 is 0 Å². The van der Waals surface area contributed by atoms with E-state index in [9.17, 15) is 4.79 Å². The molecule has 0 bridgehead atoms. The van der Waals surface area contributed by atoms with E-state index in [0.29, 0.717) is 21.8 Å². The van der Waals surface area contributed by atoms with Crippen molar-refractivity contribution in [1.29, 1.82) is 0 Å². The zero-order valence-corrected chi connectivity index (χ0v) is 15.3. The van der Waals surface area contributed by atoms with Gasteiger partial charge < -0.3 is 9.88 Å². The normalized spacial score (nSPS) is 12.4. The molecular weight excluding hydrogens is 332 g/mol. The largest absolute Gasteiger partial charge is 0.353 e. The summed E-state index contributed by atoms with van der Waals surface area (Å²) in [7, 11) is 1.89. The molecule has 23 heavy (non-hydrogen) atoms. The zero-order chi connectivity index (χ0) is 17.0. The van der Waals surface area contributed by atoms with Gasteiger partial charge in [0.2, 0.25) is 5.91 Å². The lowest BCUT2D eigenvalue weighted by atomic mass is 10.1. The van der Waals surface area contributed by atoms with Gasteiger partial charge in [0, 0.05) is 23.7 Å². The summed E-state index contributed by atoms with van der Waals surface area (Å²) in [5, 5.41) is 12.7. The van der Waals surface area contributed by atoms with Gasteiger partial charge in [-0.15, -0.1) is 10.2 Å². The van der Waals surface area contributed by atoms with Gasteiger partial charge in [-0.3, -0.25) is 4.79 Å². The monoisotopic (exact) mass is 352 g/mol. The van der Waals surface area contributed by atoms with Crippen LogP contribution in [0.2, 0.25) is 5.02 Å². The van der Waals surface area contributed by atoms with Crippen LogP contribution >= 0.6 is 23.4 Å². The summed E-state index contributed by atoms with van der Waals surface area (Å²) < 4.78 is 1.88. The second-order valence-electron chi connectivity index (χ2n) is 5.76. The lowest BCUT2D eigenvalue weighted by Crippen LogP contribution is -2.37. The van der Waals surface area contributed by atoms with E-state index in [1.807, 2.05) is 42.8 Å². The molecule has 1 amide bonds. The Balaban J connectivity index is 2.00. The molecule has 124 valence electrons. The van der Waals surface area contributed by atoms with Crippen molar-refractivity contribution in [1.82, 2.24) is 20.1 Å². The lowest BCUT2D eigenvalue weighted by Gasteiger charge is -2.17. The van der Waals surface area contributed by atoms with Gasteiger partial charge >= 0.3 is 0 Å². The number of carbonyl (C=O) groups excluding carboxylic acids is 1. The highest BCUT2D eigenvalue weighted by Crippen LogP contribution is 2.23. The summed E-state index contributed by atoms with van der Waals surface area (Å²) in [5.74, 6) is 1.49. The molecule has 0 saturated carbocycles. The van der Waals surface area contributed by atoms with Crippen molar-refractivity contribution in [2.24, 2.45) is 13.0 Å². The standard InChI is InChI=1S/C16H21ClN4OS/c1-10(2)11(3)18-14(22)9-23-16-20-19-15(21(16)4)12-5-7-13(17)8-6-12/h5-8,10-11H,9H2,1-4H3,(H,18,22)/t11-/m1/s1. The Morgan fingerprint density at radius 3 is 2.52 bits per heavy atom. The van der Waals surface area contributed by atoms with Crippen molar-refractivity contribution in [3.63, 3.8) is 0 Å². The van der Waals surface area contributed by atoms with Crippen LogP contribution in [0, 0.1) is 5.92 Å². The molecular formula is C16H21ClN4OS. The van der Waals surface area contributed by atoms with Crippen molar-refractivity contribution < 1.29 is 4.79 Å². The number of rotatable bonds is 6. The van der Waals surface area contributed by atoms with Crippen LogP contribution in [0.25, 0.3) is 11.4 Å². The van der Waals surface area contributed by atoms with Crippen LogP contribution in [0.3, 0.4) is 0 Å². The molecule has 0 saturated heterocycles. The molecule has 1 aromatic carbocycles. The van der Waals surface area contributed by atoms with E-state index in [0.717, 1.165) is 11.4 Å². The molecule has 5 nitrogen and oxygen atoms in total. The Bertz CT molecular complexity index is 669. The summed E-state index contributed by atoms with van der Waals surface area (Å²) in [6.45, 7) is 6.17. The minimum Gasteiger partial charge on any atom is -0.353 e. The second kappa shape index (κ2) is 7.84. The first-order valence-corrected chi connectivity index (χ1v) is 8.82. The van der Waals surface area contributed by atoms with E-state index >= 15 is 0 Å². The molecule has 2 rings (SSSR count). The van der Waals surface area contributed by atoms with Crippen LogP contribution in [0.5, 0.6) is 0 Å². The Labute approximate surface area is 145 Å². The van der Waals surface area contributed by atoms with Gasteiger partial charge in [0.1, 0.15) is 0 Å². The number of amides is 1. The SMILES string of the molecule is CC(C)[C@@H](C)NC(=O)CSc1nnc(-c2ccc(Cl)cc2)n1C. The van der Waals surface area contributed by atoms with E-state index in [1.54, 1.807) is 0 Å². The molecule has 0 aliphatic rings. The Hall–Kier alpha value is -1.53. The predicted molar refractivity (Wildman–Crippen MR) is 94.6 cm³/mol. The Morgan fingerprint density at radius 2 is 1.91 bits per heavy atom. The van der Waals surface area contributed by atoms with Gasteiger partial charge in [-0.2, -0.15) is 0 Å². The number of nitrogens with zero attached hydrogens (tertiary/aromatic N) is 3. The molecule has 1 atom stereocenters. The highest BCUT2D eigenvalue weighted by atomic mass is 35.5. The molecule has 1 N–H and O–H groups in total. The fraction of sp³-hybridized carbons (Fsp3) is 0.438. The summed E-state index contributed by atoms with van der Waals surface area (Å²) in [4.78, 5) is 12.0. The smallest absolute Gasteiger partial charge is 0.230 e. The number of aromatic nitrogens is 3. The van der Waals surface area contributed by atoms with Crippen molar-refractivity contribution in [3.05, 3.63) is 29.3 Å². The van der Waals surface area contributed by atoms with Crippen LogP contribution < -0.4 is 5.32 Å². The molecule has 1 heterocycles. The van der Waals surface area contributed by atoms with Crippen LogP contribution in [-0.2, 0) is 11.8 Å². The number of benzene rings is 1. The predicted octanol–water partition coefficient (Wildman–Crippen LogP) is 3.39. The lowest BCUT2D eigenvalue weighted by molar-refractivity contribution is -0.119. The maximum atomic E-state index is 12.0. The molecule has 7 heteroatoms. The third-order valence-electron chi connectivity index (χ3n) is 3.66. The minimum atomic E-state index is 0.00671. The van der Waals surface area contributed by atoms with E-state index in [-0.39, 0.29) is 11.9 Å². The van der Waals surface area contributed by atoms with Crippen molar-refractivity contribution >= 4 is 29.3 Å². The third-order valence-corrected chi connectivity index (χ3v) is 4.93. The van der Waals surface area contributed by atoms with E-state index in [2.05, 4.69) is 29.4 Å². The van der Waals surface area contributed by atoms with E-state index in [4.69, 9.17) is 11.6 Å². The van der Waals surface area contributed by atoms with Gasteiger partial charge in [0.05, 0.1) is 5.75 Å². The first kappa shape index (κ1) is 17.8. The number of nitrogens with one attached hydrogen (secondary N) is 1. The molecule has 1 aromatic heterocycles. The number of hydrogen-bond donors (Lipinski definition) is 1. The van der Waals surface area contributed by atoms with Crippen LogP contribution in [0.15, 0.2) is 29.4 Å². The summed E-state index contributed by atoms with van der Waals surface area (Å²) in [6, 6.07) is 7.60. The fourth-order valence-corrected chi connectivity index (χ4v) is 2.73. The first-order valence-electron chi connectivity index (χ1n) is 7.46. The molecule has 0 fully saturated rings. The zero-order valence-electron chi connectivity index (χ0n) is 13.7. The fourth-order valence-electron chi connectivity index (χ4n) is 1.88. The van der Waals surface area contributed by atoms with Gasteiger partial charge in [-0.05, 0) is 37.1 Å². The van der Waals surface area contributed by atoms with E-state index in [1.165, 1.54) is 11.8 Å². The average molecular weight is 353 g/mol. The first-order chi connectivity index (χ1) is 10.9. The third kappa shape index (κ3) is 4.72. The molecule has 0 aliphatic carbocycles. The number of carbonyl (C=O) groups is 1. The quantitative estimate of drug-likeness (QED) is 0.809. The van der Waals surface area contributed by atoms with Crippen LogP contribution in [-0.4, -0.2) is 32.5 Å². The maximum absolute atomic E-state index is 12.0. The average Bonchev–Trinajstić information content (AvgIpc) is 2.87. The molecule has 0 radical (unpaired) electrons. The van der Waals surface area contributed by atoms with Gasteiger partial charge in [-0.25, -0.2) is 0 Å². The van der Waals surface area contributed by atoms with Gasteiger partial charge in [0.15, 0.2) is 11.0 Å². The summed E-state index contributed by atoms with van der Waals surface area (Å²) in [5.41, 5.74) is 0.939. The topological polar surface area (TPSA) is 59.8 Å². The molecule has 0 aliphatic heterocycles. The number of halogens is 1. The molecule has 0 spiro atoms.